The van der Waals surface area contributed by atoms with Crippen molar-refractivity contribution >= 4 is 11.6 Å². The van der Waals surface area contributed by atoms with Gasteiger partial charge in [0, 0.05) is 31.8 Å². The van der Waals surface area contributed by atoms with E-state index in [1.54, 1.807) is 31.3 Å². The summed E-state index contributed by atoms with van der Waals surface area (Å²) in [7, 11) is 1.68. The van der Waals surface area contributed by atoms with Crippen molar-refractivity contribution in [2.75, 3.05) is 20.1 Å². The SMILES string of the molecule is C=CC(=O)N(CCC)N(C)NC(=C)/C(=N\CC)c1ccc(Oc2ccccc2)cc1F. The van der Waals surface area contributed by atoms with E-state index in [0.717, 1.165) is 6.42 Å². The Labute approximate surface area is 183 Å². The van der Waals surface area contributed by atoms with Gasteiger partial charge in [0.05, 0.1) is 11.4 Å². The minimum absolute atomic E-state index is 0.257. The summed E-state index contributed by atoms with van der Waals surface area (Å²) in [4.78, 5) is 16.5. The number of nitrogens with zero attached hydrogens (tertiary/aromatic N) is 3. The van der Waals surface area contributed by atoms with Crippen LogP contribution in [0, 0.1) is 5.82 Å². The number of benzene rings is 2. The number of rotatable bonds is 11. The van der Waals surface area contributed by atoms with Gasteiger partial charge in [-0.2, -0.15) is 0 Å². The van der Waals surface area contributed by atoms with Crippen molar-refractivity contribution in [1.29, 1.82) is 0 Å². The van der Waals surface area contributed by atoms with E-state index < -0.39 is 5.82 Å². The van der Waals surface area contributed by atoms with Crippen molar-refractivity contribution in [2.45, 2.75) is 20.3 Å². The molecule has 1 amide bonds. The van der Waals surface area contributed by atoms with Crippen LogP contribution in [0.3, 0.4) is 0 Å². The number of allylic oxidation sites excluding steroid dienone is 1. The highest BCUT2D eigenvalue weighted by Gasteiger charge is 2.19. The topological polar surface area (TPSA) is 57.2 Å². The molecule has 0 aromatic heterocycles. The van der Waals surface area contributed by atoms with Gasteiger partial charge in [-0.1, -0.05) is 38.3 Å². The lowest BCUT2D eigenvalue weighted by molar-refractivity contribution is -0.145. The quantitative estimate of drug-likeness (QED) is 0.322. The van der Waals surface area contributed by atoms with Gasteiger partial charge >= 0.3 is 0 Å². The summed E-state index contributed by atoms with van der Waals surface area (Å²) in [6, 6.07) is 13.8. The monoisotopic (exact) mass is 424 g/mol. The molecule has 2 aromatic carbocycles. The van der Waals surface area contributed by atoms with E-state index in [9.17, 15) is 9.18 Å². The van der Waals surface area contributed by atoms with E-state index in [2.05, 4.69) is 23.6 Å². The number of aliphatic imine (C=N–C) groups is 1. The molecule has 1 N–H and O–H groups in total. The first-order valence-corrected chi connectivity index (χ1v) is 10.1. The molecule has 0 saturated carbocycles. The van der Waals surface area contributed by atoms with Crippen LogP contribution < -0.4 is 10.2 Å². The first-order chi connectivity index (χ1) is 14.9. The van der Waals surface area contributed by atoms with Crippen LogP contribution in [-0.4, -0.2) is 41.9 Å². The fraction of sp³-hybridized carbons (Fsp3) is 0.250. The Bertz CT molecular complexity index is 944. The molecule has 0 radical (unpaired) electrons. The standard InChI is InChI=1S/C24H29FN4O2/c1-6-16-29(23(30)7-2)28(5)27-18(4)24(26-8-3)21-15-14-20(17-22(21)25)31-19-12-10-9-11-13-19/h7,9-15,17,27H,2,4,6,8,16H2,1,3,5H3/b26-24+. The summed E-state index contributed by atoms with van der Waals surface area (Å²) in [6.45, 7) is 12.3. The molecule has 0 bridgehead atoms. The third kappa shape index (κ3) is 6.52. The smallest absolute Gasteiger partial charge is 0.261 e. The third-order valence-corrected chi connectivity index (χ3v) is 4.30. The van der Waals surface area contributed by atoms with E-state index in [1.165, 1.54) is 22.3 Å². The largest absolute Gasteiger partial charge is 0.457 e. The van der Waals surface area contributed by atoms with Gasteiger partial charge in [0.2, 0.25) is 0 Å². The van der Waals surface area contributed by atoms with E-state index in [4.69, 9.17) is 4.74 Å². The molecule has 2 aromatic rings. The van der Waals surface area contributed by atoms with Gasteiger partial charge in [-0.25, -0.2) is 4.39 Å². The maximum absolute atomic E-state index is 15.0. The van der Waals surface area contributed by atoms with Crippen LogP contribution in [0.1, 0.15) is 25.8 Å². The number of halogens is 1. The highest BCUT2D eigenvalue weighted by atomic mass is 19.1. The first-order valence-electron chi connectivity index (χ1n) is 10.1. The second-order valence-corrected chi connectivity index (χ2v) is 6.66. The van der Waals surface area contributed by atoms with Crippen molar-refractivity contribution < 1.29 is 13.9 Å². The molecule has 0 fully saturated rings. The lowest BCUT2D eigenvalue weighted by Gasteiger charge is -2.32. The van der Waals surface area contributed by atoms with Crippen LogP contribution in [-0.2, 0) is 4.79 Å². The summed E-state index contributed by atoms with van der Waals surface area (Å²) >= 11 is 0. The zero-order chi connectivity index (χ0) is 22.8. The fourth-order valence-corrected chi connectivity index (χ4v) is 2.91. The molecule has 0 atom stereocenters. The average Bonchev–Trinajstić information content (AvgIpc) is 2.76. The Balaban J connectivity index is 2.22. The normalized spacial score (nSPS) is 11.2. The molecule has 31 heavy (non-hydrogen) atoms. The Morgan fingerprint density at radius 1 is 1.19 bits per heavy atom. The van der Waals surface area contributed by atoms with Crippen LogP contribution in [0.25, 0.3) is 0 Å². The Kier molecular flexibility index (Phi) is 8.96. The summed E-state index contributed by atoms with van der Waals surface area (Å²) in [5.41, 5.74) is 4.02. The Hall–Kier alpha value is -3.45. The molecule has 0 heterocycles. The van der Waals surface area contributed by atoms with Gasteiger partial charge in [-0.15, -0.1) is 5.12 Å². The molecular formula is C24H29FN4O2. The number of carbonyl (C=O) groups is 1. The molecule has 0 aliphatic heterocycles. The maximum atomic E-state index is 15.0. The molecule has 0 aliphatic rings. The molecule has 2 rings (SSSR count). The summed E-state index contributed by atoms with van der Waals surface area (Å²) in [6.07, 6.45) is 1.99. The zero-order valence-corrected chi connectivity index (χ0v) is 18.3. The van der Waals surface area contributed by atoms with Crippen LogP contribution in [0.15, 0.2) is 78.5 Å². The van der Waals surface area contributed by atoms with E-state index in [0.29, 0.717) is 36.0 Å². The van der Waals surface area contributed by atoms with Gasteiger partial charge in [0.15, 0.2) is 0 Å². The molecule has 7 heteroatoms. The second-order valence-electron chi connectivity index (χ2n) is 6.66. The number of hydrogen-bond acceptors (Lipinski definition) is 5. The van der Waals surface area contributed by atoms with Gasteiger partial charge in [-0.05, 0) is 43.7 Å². The fourth-order valence-electron chi connectivity index (χ4n) is 2.91. The van der Waals surface area contributed by atoms with Crippen molar-refractivity contribution in [3.8, 4) is 11.5 Å². The van der Waals surface area contributed by atoms with Gasteiger partial charge in [0.25, 0.3) is 5.91 Å². The van der Waals surface area contributed by atoms with Gasteiger partial charge < -0.3 is 4.74 Å². The number of hydrazine groups is 2. The number of ether oxygens (including phenoxy) is 1. The van der Waals surface area contributed by atoms with Crippen molar-refractivity contribution in [1.82, 2.24) is 15.6 Å². The highest BCUT2D eigenvalue weighted by molar-refractivity contribution is 6.12. The van der Waals surface area contributed by atoms with Crippen LogP contribution >= 0.6 is 0 Å². The molecule has 0 unspecified atom stereocenters. The highest BCUT2D eigenvalue weighted by Crippen LogP contribution is 2.24. The molecule has 0 spiro atoms. The van der Waals surface area contributed by atoms with Crippen LogP contribution in [0.5, 0.6) is 11.5 Å². The Morgan fingerprint density at radius 2 is 1.90 bits per heavy atom. The van der Waals surface area contributed by atoms with Crippen LogP contribution in [0.2, 0.25) is 0 Å². The number of nitrogens with one attached hydrogen (secondary N) is 1. The second kappa shape index (κ2) is 11.7. The van der Waals surface area contributed by atoms with Crippen molar-refractivity contribution in [3.05, 3.63) is 84.8 Å². The summed E-state index contributed by atoms with van der Waals surface area (Å²) in [5, 5.41) is 2.99. The van der Waals surface area contributed by atoms with Crippen LogP contribution in [0.4, 0.5) is 4.39 Å². The third-order valence-electron chi connectivity index (χ3n) is 4.30. The number of carbonyl (C=O) groups excluding carboxylic acids is 1. The summed E-state index contributed by atoms with van der Waals surface area (Å²) in [5.74, 6) is 0.253. The predicted octanol–water partition coefficient (Wildman–Crippen LogP) is 4.72. The zero-order valence-electron chi connectivity index (χ0n) is 18.3. The lowest BCUT2D eigenvalue weighted by atomic mass is 10.1. The average molecular weight is 425 g/mol. The van der Waals surface area contributed by atoms with Gasteiger partial charge in [-0.3, -0.25) is 20.2 Å². The number of amides is 1. The molecule has 6 nitrogen and oxygen atoms in total. The minimum Gasteiger partial charge on any atom is -0.457 e. The molecule has 164 valence electrons. The van der Waals surface area contributed by atoms with E-state index in [1.807, 2.05) is 32.0 Å². The maximum Gasteiger partial charge on any atom is 0.261 e. The summed E-state index contributed by atoms with van der Waals surface area (Å²) < 4.78 is 20.7. The minimum atomic E-state index is -0.487. The number of para-hydroxylation sites is 1. The molecule has 0 aliphatic carbocycles. The first kappa shape index (κ1) is 23.8. The van der Waals surface area contributed by atoms with E-state index in [-0.39, 0.29) is 11.5 Å². The van der Waals surface area contributed by atoms with Crippen molar-refractivity contribution in [2.24, 2.45) is 4.99 Å². The number of hydrogen-bond donors (Lipinski definition) is 1. The molecule has 0 saturated heterocycles. The Morgan fingerprint density at radius 3 is 2.48 bits per heavy atom. The molecular weight excluding hydrogens is 395 g/mol. The predicted molar refractivity (Wildman–Crippen MR) is 122 cm³/mol. The lowest BCUT2D eigenvalue weighted by Crippen LogP contribution is -2.51. The van der Waals surface area contributed by atoms with Gasteiger partial charge in [0.1, 0.15) is 17.3 Å². The van der Waals surface area contributed by atoms with E-state index >= 15 is 0 Å². The van der Waals surface area contributed by atoms with Crippen molar-refractivity contribution in [3.63, 3.8) is 0 Å².